The maximum absolute atomic E-state index is 2.81. The summed E-state index contributed by atoms with van der Waals surface area (Å²) in [5.74, 6) is 0.284. The average Bonchev–Trinajstić information content (AvgIpc) is 4.34. The third-order valence-corrected chi connectivity index (χ3v) is 38.3. The first kappa shape index (κ1) is 42.7. The zero-order chi connectivity index (χ0) is 46.5. The summed E-state index contributed by atoms with van der Waals surface area (Å²) in [6.07, 6.45) is 13.5. The van der Waals surface area contributed by atoms with E-state index >= 15 is 0 Å². The van der Waals surface area contributed by atoms with Gasteiger partial charge in [0, 0.05) is 0 Å². The molecule has 2 unspecified atom stereocenters. The predicted molar refractivity (Wildman–Crippen MR) is 300 cm³/mol. The first-order chi connectivity index (χ1) is 34.6. The molecule has 0 radical (unpaired) electrons. The van der Waals surface area contributed by atoms with E-state index in [1.165, 1.54) is 137 Å². The summed E-state index contributed by atoms with van der Waals surface area (Å²) in [5.41, 5.74) is 21.2. The van der Waals surface area contributed by atoms with Crippen LogP contribution in [-0.2, 0) is 20.9 Å². The Kier molecular flexibility index (Phi) is 10.5. The van der Waals surface area contributed by atoms with Gasteiger partial charge in [0.2, 0.25) is 0 Å². The molecule has 0 spiro atoms. The van der Waals surface area contributed by atoms with E-state index < -0.39 is 26.8 Å². The van der Waals surface area contributed by atoms with Crippen molar-refractivity contribution in [3.63, 3.8) is 0 Å². The Morgan fingerprint density at radius 1 is 0.343 bits per heavy atom. The van der Waals surface area contributed by atoms with Crippen molar-refractivity contribution in [1.29, 1.82) is 0 Å². The number of allylic oxidation sites excluding steroid dienone is 2. The molecule has 0 aromatic heterocycles. The van der Waals surface area contributed by atoms with Crippen LogP contribution < -0.4 is 0 Å². The molecule has 0 amide bonds. The van der Waals surface area contributed by atoms with Crippen LogP contribution in [0.25, 0.3) is 99.7 Å². The Morgan fingerprint density at radius 2 is 0.643 bits per heavy atom. The summed E-state index contributed by atoms with van der Waals surface area (Å²) < 4.78 is 0.988. The molecule has 2 fully saturated rings. The first-order valence-corrected chi connectivity index (χ1v) is 36.1. The predicted octanol–water partition coefficient (Wildman–Crippen LogP) is 18.7. The number of benzene rings is 10. The molecule has 0 aliphatic heterocycles. The Bertz CT molecular complexity index is 3540. The van der Waals surface area contributed by atoms with Crippen LogP contribution >= 0.6 is 0 Å². The second-order valence-electron chi connectivity index (χ2n) is 21.3. The fraction of sp³-hybridized carbons (Fsp3) is 0.176. The quantitative estimate of drug-likeness (QED) is 0.113. The van der Waals surface area contributed by atoms with Crippen molar-refractivity contribution in [3.05, 3.63) is 228 Å². The number of rotatable bonds is 11. The van der Waals surface area contributed by atoms with E-state index in [1.807, 2.05) is 0 Å². The molecule has 10 aromatic carbocycles. The SMILES string of the molecule is C[SiH](C)[Zr]([CH]1C(CC2CC2)=Cc2c(-c3cccc4ccccc34)ccc(-c3cccc4ccccc34)c21)[CH]1C(CC2CC2)=Cc2c(-c3cccc4ccccc34)ccc(-c3cccc4ccccc34)c21. The molecule has 14 rings (SSSR count). The van der Waals surface area contributed by atoms with Gasteiger partial charge in [-0.15, -0.1) is 0 Å². The normalized spacial score (nSPS) is 17.4. The number of hydrogen-bond donors (Lipinski definition) is 0. The molecule has 70 heavy (non-hydrogen) atoms. The maximum atomic E-state index is 2.81. The van der Waals surface area contributed by atoms with Crippen LogP contribution in [0.4, 0.5) is 0 Å². The van der Waals surface area contributed by atoms with Crippen LogP contribution in [0.1, 0.15) is 68.0 Å². The van der Waals surface area contributed by atoms with Crippen LogP contribution in [0.15, 0.2) is 205 Å². The van der Waals surface area contributed by atoms with Gasteiger partial charge in [-0.2, -0.15) is 0 Å². The zero-order valence-electron chi connectivity index (χ0n) is 40.3. The monoisotopic (exact) mass is 991 g/mol. The van der Waals surface area contributed by atoms with Gasteiger partial charge < -0.3 is 0 Å². The summed E-state index contributed by atoms with van der Waals surface area (Å²) in [6.45, 7) is 5.60. The Balaban J connectivity index is 1.07. The standard InChI is InChI=1S/2C33H25.C2H7Si.Zr/c2*1-3-11-26-24(7-1)9-5-13-28(26)30-17-18-31(29-14-6-10-25-8-2-4-12-27(25)29)33-21-23(20-32(30)33)19-22-15-16-22;1-3-2;/h2*1-14,17-18,20-22H,15-16,19H2;3H,1-2H3;. The van der Waals surface area contributed by atoms with E-state index in [4.69, 9.17) is 0 Å². The van der Waals surface area contributed by atoms with Crippen molar-refractivity contribution in [2.24, 2.45) is 11.8 Å². The van der Waals surface area contributed by atoms with Gasteiger partial charge >= 0.3 is 425 Å². The minimum absolute atomic E-state index is 0.494. The van der Waals surface area contributed by atoms with Crippen molar-refractivity contribution in [3.8, 4) is 44.5 Å². The molecule has 337 valence electrons. The van der Waals surface area contributed by atoms with E-state index in [0.717, 1.165) is 11.8 Å². The van der Waals surface area contributed by atoms with Crippen LogP contribution in [-0.4, -0.2) is 5.92 Å². The van der Waals surface area contributed by atoms with Crippen molar-refractivity contribution < 1.29 is 20.9 Å². The molecule has 0 N–H and O–H groups in total. The van der Waals surface area contributed by atoms with Gasteiger partial charge in [-0.05, 0) is 0 Å². The van der Waals surface area contributed by atoms with Gasteiger partial charge in [-0.25, -0.2) is 0 Å². The van der Waals surface area contributed by atoms with Crippen molar-refractivity contribution in [2.45, 2.75) is 58.9 Å². The third-order valence-electron chi connectivity index (χ3n) is 16.6. The molecule has 4 aliphatic carbocycles. The minimum atomic E-state index is -2.76. The number of fused-ring (bicyclic) bond motifs is 6. The average molecular weight is 994 g/mol. The summed E-state index contributed by atoms with van der Waals surface area (Å²) in [5, 5.41) is 10.7. The van der Waals surface area contributed by atoms with Gasteiger partial charge in [0.15, 0.2) is 0 Å². The van der Waals surface area contributed by atoms with Crippen molar-refractivity contribution in [2.75, 3.05) is 0 Å². The van der Waals surface area contributed by atoms with E-state index in [-0.39, 0.29) is 0 Å². The molecule has 10 aromatic rings. The summed E-state index contributed by atoms with van der Waals surface area (Å²) in [4.78, 5) is 0. The van der Waals surface area contributed by atoms with E-state index in [1.54, 1.807) is 22.3 Å². The second kappa shape index (κ2) is 17.3. The molecular formula is C68H57SiZr. The molecular weight excluding hydrogens is 936 g/mol. The Hall–Kier alpha value is -6.18. The summed E-state index contributed by atoms with van der Waals surface area (Å²) in [7, 11) is 0. The first-order valence-electron chi connectivity index (χ1n) is 26.1. The van der Waals surface area contributed by atoms with Crippen molar-refractivity contribution >= 4 is 61.2 Å². The van der Waals surface area contributed by atoms with Gasteiger partial charge in [0.25, 0.3) is 0 Å². The summed E-state index contributed by atoms with van der Waals surface area (Å²) >= 11 is -2.76. The zero-order valence-corrected chi connectivity index (χ0v) is 43.9. The topological polar surface area (TPSA) is 0 Å². The summed E-state index contributed by atoms with van der Waals surface area (Å²) in [6, 6.07) is 74.7. The molecule has 2 atom stereocenters. The number of hydrogen-bond acceptors (Lipinski definition) is 0. The molecule has 0 heterocycles. The fourth-order valence-electron chi connectivity index (χ4n) is 13.2. The van der Waals surface area contributed by atoms with Crippen LogP contribution in [0.3, 0.4) is 0 Å². The van der Waals surface area contributed by atoms with Crippen LogP contribution in [0.5, 0.6) is 0 Å². The van der Waals surface area contributed by atoms with E-state index in [9.17, 15) is 0 Å². The van der Waals surface area contributed by atoms with Gasteiger partial charge in [0.05, 0.1) is 0 Å². The van der Waals surface area contributed by atoms with Crippen LogP contribution in [0, 0.1) is 11.8 Å². The van der Waals surface area contributed by atoms with Gasteiger partial charge in [-0.1, -0.05) is 0 Å². The molecule has 0 bridgehead atoms. The van der Waals surface area contributed by atoms with Crippen molar-refractivity contribution in [1.82, 2.24) is 0 Å². The van der Waals surface area contributed by atoms with Gasteiger partial charge in [-0.3, -0.25) is 0 Å². The molecule has 2 saturated carbocycles. The molecule has 0 saturated heterocycles. The third kappa shape index (κ3) is 7.23. The van der Waals surface area contributed by atoms with Crippen LogP contribution in [0.2, 0.25) is 13.1 Å². The van der Waals surface area contributed by atoms with E-state index in [0.29, 0.717) is 7.25 Å². The molecule has 2 heteroatoms. The van der Waals surface area contributed by atoms with Gasteiger partial charge in [0.1, 0.15) is 0 Å². The fourth-order valence-corrected chi connectivity index (χ4v) is 35.9. The molecule has 4 aliphatic rings. The Morgan fingerprint density at radius 3 is 0.971 bits per heavy atom. The second-order valence-corrected chi connectivity index (χ2v) is 41.4. The van der Waals surface area contributed by atoms with E-state index in [2.05, 4.69) is 219 Å². The molecule has 0 nitrogen and oxygen atoms in total. The Labute approximate surface area is 421 Å².